The van der Waals surface area contributed by atoms with Crippen molar-refractivity contribution in [3.8, 4) is 0 Å². The molecule has 1 atom stereocenters. The van der Waals surface area contributed by atoms with Gasteiger partial charge in [0, 0.05) is 38.7 Å². The second-order valence-electron chi connectivity index (χ2n) is 8.04. The van der Waals surface area contributed by atoms with Crippen molar-refractivity contribution in [2.45, 2.75) is 63.4 Å². The number of nitrogens with zero attached hydrogens (tertiary/aromatic N) is 3. The minimum absolute atomic E-state index is 0.0984. The third-order valence-corrected chi connectivity index (χ3v) is 6.22. The van der Waals surface area contributed by atoms with E-state index in [1.165, 1.54) is 0 Å². The Labute approximate surface area is 160 Å². The lowest BCUT2D eigenvalue weighted by Crippen LogP contribution is -2.40. The van der Waals surface area contributed by atoms with Crippen molar-refractivity contribution in [2.24, 2.45) is 0 Å². The monoisotopic (exact) mass is 374 g/mol. The number of aromatic amines is 1. The Morgan fingerprint density at radius 1 is 1.04 bits per heavy atom. The van der Waals surface area contributed by atoms with Gasteiger partial charge in [-0.3, -0.25) is 14.7 Å². The number of piperidine rings is 1. The van der Waals surface area contributed by atoms with Crippen LogP contribution in [0.3, 0.4) is 0 Å². The van der Waals surface area contributed by atoms with Gasteiger partial charge in [0.2, 0.25) is 5.91 Å². The lowest BCUT2D eigenvalue weighted by atomic mass is 9.90. The average molecular weight is 374 g/mol. The van der Waals surface area contributed by atoms with E-state index in [1.54, 1.807) is 6.20 Å². The van der Waals surface area contributed by atoms with Crippen LogP contribution in [0.4, 0.5) is 0 Å². The van der Waals surface area contributed by atoms with Gasteiger partial charge in [0.25, 0.3) is 5.91 Å². The van der Waals surface area contributed by atoms with Crippen molar-refractivity contribution in [3.63, 3.8) is 0 Å². The van der Waals surface area contributed by atoms with Crippen LogP contribution in [-0.4, -0.2) is 70.7 Å². The van der Waals surface area contributed by atoms with E-state index in [1.807, 2.05) is 9.80 Å². The van der Waals surface area contributed by atoms with Gasteiger partial charge in [-0.2, -0.15) is 5.10 Å². The Balaban J connectivity index is 1.32. The largest absolute Gasteiger partial charge is 0.378 e. The van der Waals surface area contributed by atoms with Crippen LogP contribution in [0.5, 0.6) is 0 Å². The van der Waals surface area contributed by atoms with Crippen LogP contribution in [0.25, 0.3) is 0 Å². The second-order valence-corrected chi connectivity index (χ2v) is 8.04. The molecule has 7 nitrogen and oxygen atoms in total. The molecule has 3 aliphatic rings. The fraction of sp³-hybridized carbons (Fsp3) is 0.750. The predicted octanol–water partition coefficient (Wildman–Crippen LogP) is 2.31. The number of nitrogens with one attached hydrogen (secondary N) is 1. The van der Waals surface area contributed by atoms with Crippen molar-refractivity contribution in [3.05, 3.63) is 17.5 Å². The summed E-state index contributed by atoms with van der Waals surface area (Å²) in [5.41, 5.74) is 1.67. The van der Waals surface area contributed by atoms with Gasteiger partial charge in [-0.15, -0.1) is 0 Å². The zero-order valence-corrected chi connectivity index (χ0v) is 16.0. The molecule has 1 N–H and O–H groups in total. The summed E-state index contributed by atoms with van der Waals surface area (Å²) in [6, 6.07) is 0. The van der Waals surface area contributed by atoms with Gasteiger partial charge in [0.05, 0.1) is 30.0 Å². The van der Waals surface area contributed by atoms with Gasteiger partial charge in [-0.25, -0.2) is 0 Å². The van der Waals surface area contributed by atoms with E-state index in [-0.39, 0.29) is 23.8 Å². The number of hydrogen-bond acceptors (Lipinski definition) is 4. The molecule has 0 aliphatic carbocycles. The van der Waals surface area contributed by atoms with E-state index >= 15 is 0 Å². The molecule has 4 rings (SSSR count). The predicted molar refractivity (Wildman–Crippen MR) is 100 cm³/mol. The SMILES string of the molecule is O=C(CC1CCCCO1)N1CCC(c2[nH]ncc2C(=O)N2CCCC2)CC1. The molecule has 2 amide bonds. The van der Waals surface area contributed by atoms with Crippen molar-refractivity contribution in [1.82, 2.24) is 20.0 Å². The summed E-state index contributed by atoms with van der Waals surface area (Å²) in [5.74, 6) is 0.576. The summed E-state index contributed by atoms with van der Waals surface area (Å²) in [6.45, 7) is 3.96. The molecule has 1 unspecified atom stereocenters. The fourth-order valence-corrected chi connectivity index (χ4v) is 4.58. The molecule has 3 saturated heterocycles. The second kappa shape index (κ2) is 8.42. The maximum absolute atomic E-state index is 12.8. The number of ether oxygens (including phenoxy) is 1. The van der Waals surface area contributed by atoms with Gasteiger partial charge in [-0.1, -0.05) is 0 Å². The van der Waals surface area contributed by atoms with E-state index < -0.39 is 0 Å². The molecular weight excluding hydrogens is 344 g/mol. The number of likely N-dealkylation sites (tertiary alicyclic amines) is 2. The van der Waals surface area contributed by atoms with Crippen LogP contribution < -0.4 is 0 Å². The van der Waals surface area contributed by atoms with Gasteiger partial charge >= 0.3 is 0 Å². The summed E-state index contributed by atoms with van der Waals surface area (Å²) in [4.78, 5) is 29.2. The lowest BCUT2D eigenvalue weighted by Gasteiger charge is -2.33. The Morgan fingerprint density at radius 3 is 2.52 bits per heavy atom. The van der Waals surface area contributed by atoms with E-state index in [2.05, 4.69) is 10.2 Å². The standard InChI is InChI=1S/C20H30N4O3/c25-18(13-16-5-1-4-12-27-16)23-10-6-15(7-11-23)19-17(14-21-22-19)20(26)24-8-2-3-9-24/h14-16H,1-13H2,(H,21,22). The molecular formula is C20H30N4O3. The van der Waals surface area contributed by atoms with Gasteiger partial charge in [0.1, 0.15) is 0 Å². The highest BCUT2D eigenvalue weighted by Crippen LogP contribution is 2.30. The summed E-state index contributed by atoms with van der Waals surface area (Å²) in [5, 5.41) is 7.22. The number of carbonyl (C=O) groups excluding carboxylic acids is 2. The van der Waals surface area contributed by atoms with Crippen LogP contribution in [0.15, 0.2) is 6.20 Å². The Morgan fingerprint density at radius 2 is 1.81 bits per heavy atom. The molecule has 3 aliphatic heterocycles. The third kappa shape index (κ3) is 4.18. The number of hydrogen-bond donors (Lipinski definition) is 1. The number of aromatic nitrogens is 2. The first kappa shape index (κ1) is 18.5. The quantitative estimate of drug-likeness (QED) is 0.877. The molecule has 1 aromatic rings. The molecule has 4 heterocycles. The molecule has 7 heteroatoms. The number of H-pyrrole nitrogens is 1. The summed E-state index contributed by atoms with van der Waals surface area (Å²) in [6.07, 6.45) is 9.47. The maximum Gasteiger partial charge on any atom is 0.257 e. The Kier molecular flexibility index (Phi) is 5.76. The van der Waals surface area contributed by atoms with Crippen molar-refractivity contribution in [1.29, 1.82) is 0 Å². The zero-order valence-electron chi connectivity index (χ0n) is 16.0. The van der Waals surface area contributed by atoms with Crippen molar-refractivity contribution < 1.29 is 14.3 Å². The van der Waals surface area contributed by atoms with Crippen molar-refractivity contribution >= 4 is 11.8 Å². The molecule has 0 spiro atoms. The normalized spacial score (nSPS) is 24.4. The van der Waals surface area contributed by atoms with E-state index in [0.717, 1.165) is 89.0 Å². The highest BCUT2D eigenvalue weighted by molar-refractivity contribution is 5.95. The van der Waals surface area contributed by atoms with E-state index in [9.17, 15) is 9.59 Å². The highest BCUT2D eigenvalue weighted by atomic mass is 16.5. The fourth-order valence-electron chi connectivity index (χ4n) is 4.58. The molecule has 1 aromatic heterocycles. The smallest absolute Gasteiger partial charge is 0.257 e. The van der Waals surface area contributed by atoms with E-state index in [4.69, 9.17) is 4.74 Å². The topological polar surface area (TPSA) is 78.5 Å². The molecule has 0 radical (unpaired) electrons. The zero-order chi connectivity index (χ0) is 18.6. The highest BCUT2D eigenvalue weighted by Gasteiger charge is 2.31. The number of carbonyl (C=O) groups is 2. The maximum atomic E-state index is 12.8. The summed E-state index contributed by atoms with van der Waals surface area (Å²) >= 11 is 0. The first-order valence-electron chi connectivity index (χ1n) is 10.4. The molecule has 148 valence electrons. The molecule has 0 aromatic carbocycles. The molecule has 27 heavy (non-hydrogen) atoms. The average Bonchev–Trinajstić information content (AvgIpc) is 3.40. The molecule has 3 fully saturated rings. The van der Waals surface area contributed by atoms with Crippen LogP contribution in [0.2, 0.25) is 0 Å². The van der Waals surface area contributed by atoms with Gasteiger partial charge < -0.3 is 14.5 Å². The molecule has 0 saturated carbocycles. The van der Waals surface area contributed by atoms with Gasteiger partial charge in [0.15, 0.2) is 0 Å². The van der Waals surface area contributed by atoms with Gasteiger partial charge in [-0.05, 0) is 44.9 Å². The number of rotatable bonds is 4. The Hall–Kier alpha value is -1.89. The first-order valence-corrected chi connectivity index (χ1v) is 10.4. The minimum Gasteiger partial charge on any atom is -0.378 e. The van der Waals surface area contributed by atoms with Crippen LogP contribution in [0, 0.1) is 0 Å². The number of amides is 2. The van der Waals surface area contributed by atoms with Crippen molar-refractivity contribution in [2.75, 3.05) is 32.8 Å². The summed E-state index contributed by atoms with van der Waals surface area (Å²) in [7, 11) is 0. The third-order valence-electron chi connectivity index (χ3n) is 6.22. The summed E-state index contributed by atoms with van der Waals surface area (Å²) < 4.78 is 5.71. The first-order chi connectivity index (χ1) is 13.2. The van der Waals surface area contributed by atoms with Crippen LogP contribution in [-0.2, 0) is 9.53 Å². The minimum atomic E-state index is 0.0984. The van der Waals surface area contributed by atoms with E-state index in [0.29, 0.717) is 6.42 Å². The van der Waals surface area contributed by atoms with Crippen LogP contribution in [0.1, 0.15) is 73.3 Å². The Bertz CT molecular complexity index is 654. The molecule has 0 bridgehead atoms. The van der Waals surface area contributed by atoms with Crippen LogP contribution >= 0.6 is 0 Å². The lowest BCUT2D eigenvalue weighted by molar-refractivity contribution is -0.136.